The zero-order valence-corrected chi connectivity index (χ0v) is 22.9. The Kier molecular flexibility index (Phi) is 4.31. The lowest BCUT2D eigenvalue weighted by Gasteiger charge is -2.20. The third kappa shape index (κ3) is 4.30. The van der Waals surface area contributed by atoms with Crippen LogP contribution >= 0.6 is 0 Å². The monoisotopic (exact) mass is 543 g/mol. The SMILES string of the molecule is [2H]C([2H])([2H])c1ccnc(-n2c3cnccc3c3ccc(Oc4cc([N+]5=C=[N+](C([2H])([2H])[2H])c6ccccc65)cc(C(C)(C)C)c4)cc32)c1. The molecule has 6 aromatic rings. The Hall–Kier alpha value is -5.06. The molecule has 0 aliphatic carbocycles. The molecule has 0 unspecified atom stereocenters. The lowest BCUT2D eigenvalue weighted by atomic mass is 9.86. The predicted molar refractivity (Wildman–Crippen MR) is 165 cm³/mol. The first-order valence-electron chi connectivity index (χ1n) is 16.3. The Morgan fingerprint density at radius 2 is 1.71 bits per heavy atom. The minimum atomic E-state index is -2.41. The molecule has 1 aliphatic rings. The van der Waals surface area contributed by atoms with E-state index in [2.05, 4.69) is 36.7 Å². The van der Waals surface area contributed by atoms with Crippen LogP contribution in [-0.2, 0) is 5.41 Å². The molecule has 0 atom stereocenters. The average molecular weight is 544 g/mol. The summed E-state index contributed by atoms with van der Waals surface area (Å²) < 4.78 is 59.4. The van der Waals surface area contributed by atoms with Crippen LogP contribution in [0.1, 0.15) is 40.1 Å². The van der Waals surface area contributed by atoms with Crippen LogP contribution in [0.5, 0.6) is 11.5 Å². The van der Waals surface area contributed by atoms with E-state index in [1.54, 1.807) is 29.1 Å². The zero-order valence-electron chi connectivity index (χ0n) is 28.9. The van der Waals surface area contributed by atoms with Gasteiger partial charge in [0.1, 0.15) is 21.4 Å². The van der Waals surface area contributed by atoms with Gasteiger partial charge in [-0.05, 0) is 64.4 Å². The number of fused-ring (bicyclic) bond motifs is 4. The van der Waals surface area contributed by atoms with Crippen molar-refractivity contribution in [1.29, 1.82) is 0 Å². The fraction of sp³-hybridized carbons (Fsp3) is 0.171. The Balaban J connectivity index is 1.38. The van der Waals surface area contributed by atoms with Crippen LogP contribution < -0.4 is 9.31 Å². The largest absolute Gasteiger partial charge is 0.496 e. The number of hydrogen-bond donors (Lipinski definition) is 0. The maximum atomic E-state index is 8.08. The van der Waals surface area contributed by atoms with Gasteiger partial charge in [-0.25, -0.2) is 4.98 Å². The molecule has 6 nitrogen and oxygen atoms in total. The molecule has 0 amide bonds. The van der Waals surface area contributed by atoms with E-state index in [0.717, 1.165) is 27.4 Å². The summed E-state index contributed by atoms with van der Waals surface area (Å²) in [6, 6.07) is 27.0. The molecule has 0 N–H and O–H groups in total. The summed E-state index contributed by atoms with van der Waals surface area (Å²) in [4.78, 5) is 8.87. The first kappa shape index (κ1) is 19.1. The summed E-state index contributed by atoms with van der Waals surface area (Å²) in [5.41, 5.74) is 4.43. The molecule has 7 rings (SSSR count). The van der Waals surface area contributed by atoms with Gasteiger partial charge in [-0.2, -0.15) is 0 Å². The number of rotatable bonds is 4. The number of para-hydroxylation sites is 2. The lowest BCUT2D eigenvalue weighted by molar-refractivity contribution is -0.394. The van der Waals surface area contributed by atoms with E-state index in [-0.39, 0.29) is 11.0 Å². The van der Waals surface area contributed by atoms with E-state index in [1.165, 1.54) is 16.8 Å². The van der Waals surface area contributed by atoms with Gasteiger partial charge in [0.2, 0.25) is 5.69 Å². The minimum absolute atomic E-state index is 0.189. The smallest absolute Gasteiger partial charge is 0.457 e. The summed E-state index contributed by atoms with van der Waals surface area (Å²) in [6.07, 6.45) is 4.96. The topological polar surface area (TPSA) is 46.0 Å². The maximum absolute atomic E-state index is 8.08. The van der Waals surface area contributed by atoms with Crippen molar-refractivity contribution in [3.05, 3.63) is 109 Å². The molecule has 3 aromatic carbocycles. The van der Waals surface area contributed by atoms with Gasteiger partial charge in [0.25, 0.3) is 11.4 Å². The third-order valence-electron chi connectivity index (χ3n) is 7.33. The van der Waals surface area contributed by atoms with Crippen LogP contribution in [0.4, 0.5) is 17.1 Å². The molecule has 0 radical (unpaired) electrons. The molecular formula is C35H31N5O+2. The van der Waals surface area contributed by atoms with Gasteiger partial charge in [-0.3, -0.25) is 9.55 Å². The number of hydrogen-bond acceptors (Lipinski definition) is 3. The zero-order chi connectivity index (χ0) is 33.3. The Morgan fingerprint density at radius 1 is 0.854 bits per heavy atom. The Morgan fingerprint density at radius 3 is 2.54 bits per heavy atom. The van der Waals surface area contributed by atoms with Crippen molar-refractivity contribution in [3.8, 4) is 17.3 Å². The molecule has 0 spiro atoms. The maximum Gasteiger partial charge on any atom is 0.496 e. The van der Waals surface area contributed by atoms with Gasteiger partial charge >= 0.3 is 6.01 Å². The number of ether oxygens (including phenoxy) is 1. The van der Waals surface area contributed by atoms with Crippen LogP contribution in [0.2, 0.25) is 0 Å². The van der Waals surface area contributed by atoms with E-state index < -0.39 is 13.8 Å². The van der Waals surface area contributed by atoms with Crippen molar-refractivity contribution in [1.82, 2.24) is 19.1 Å². The number of pyridine rings is 2. The molecule has 6 heteroatoms. The van der Waals surface area contributed by atoms with Crippen molar-refractivity contribution in [2.75, 3.05) is 6.98 Å². The van der Waals surface area contributed by atoms with Gasteiger partial charge < -0.3 is 4.74 Å². The van der Waals surface area contributed by atoms with Gasteiger partial charge in [0, 0.05) is 51.5 Å². The number of aromatic nitrogens is 3. The lowest BCUT2D eigenvalue weighted by Crippen LogP contribution is -2.12. The van der Waals surface area contributed by atoms with Crippen LogP contribution in [0.25, 0.3) is 27.6 Å². The van der Waals surface area contributed by atoms with E-state index in [0.29, 0.717) is 34.4 Å². The molecule has 0 bridgehead atoms. The fourth-order valence-corrected chi connectivity index (χ4v) is 5.28. The predicted octanol–water partition coefficient (Wildman–Crippen LogP) is 8.27. The Bertz CT molecular complexity index is 2290. The second-order valence-corrected chi connectivity index (χ2v) is 11.1. The van der Waals surface area contributed by atoms with Crippen LogP contribution in [0, 0.1) is 6.85 Å². The molecule has 3 aromatic heterocycles. The summed E-state index contributed by atoms with van der Waals surface area (Å²) in [7, 11) is 0. The van der Waals surface area contributed by atoms with Gasteiger partial charge in [0.15, 0.2) is 6.98 Å². The van der Waals surface area contributed by atoms with E-state index >= 15 is 0 Å². The summed E-state index contributed by atoms with van der Waals surface area (Å²) >= 11 is 0. The number of benzene rings is 3. The standard InChI is InChI=1S/C35H31N5O/c1-23-12-15-37-34(16-23)40-32-20-26(10-11-28(32)29-13-14-36-21-33(29)40)41-27-18-24(35(2,3)4)17-25(19-27)39-22-38(5)30-8-6-7-9-31(30)39/h6-21H,1-5H3/q+2/i1D3,5D3. The number of aryl methyl sites for hydroxylation is 1. The van der Waals surface area contributed by atoms with Crippen molar-refractivity contribution in [2.45, 2.75) is 33.0 Å². The second kappa shape index (κ2) is 9.26. The molecule has 41 heavy (non-hydrogen) atoms. The molecule has 1 aliphatic heterocycles. The fourth-order valence-electron chi connectivity index (χ4n) is 5.28. The third-order valence-corrected chi connectivity index (χ3v) is 7.33. The van der Waals surface area contributed by atoms with Crippen molar-refractivity contribution >= 4 is 44.9 Å². The highest BCUT2D eigenvalue weighted by Gasteiger charge is 2.33. The van der Waals surface area contributed by atoms with E-state index in [4.69, 9.17) is 13.0 Å². The first-order chi connectivity index (χ1) is 22.2. The first-order valence-corrected chi connectivity index (χ1v) is 13.3. The quantitative estimate of drug-likeness (QED) is 0.210. The van der Waals surface area contributed by atoms with Crippen molar-refractivity contribution in [2.24, 2.45) is 0 Å². The molecule has 200 valence electrons. The van der Waals surface area contributed by atoms with Crippen molar-refractivity contribution in [3.63, 3.8) is 0 Å². The van der Waals surface area contributed by atoms with Crippen LogP contribution in [0.15, 0.2) is 97.5 Å². The van der Waals surface area contributed by atoms with Crippen LogP contribution in [-0.4, -0.2) is 32.1 Å². The Labute approximate surface area is 247 Å². The molecule has 0 saturated heterocycles. The molecule has 0 saturated carbocycles. The van der Waals surface area contributed by atoms with Gasteiger partial charge in [-0.1, -0.05) is 37.5 Å². The normalized spacial score (nSPS) is 15.7. The van der Waals surface area contributed by atoms with Gasteiger partial charge in [-0.15, -0.1) is 0 Å². The average Bonchev–Trinajstić information content (AvgIpc) is 3.57. The number of nitrogens with zero attached hydrogens (tertiary/aromatic N) is 5. The molecule has 4 heterocycles. The van der Waals surface area contributed by atoms with Crippen LogP contribution in [0.3, 0.4) is 0 Å². The highest BCUT2D eigenvalue weighted by molar-refractivity contribution is 6.09. The van der Waals surface area contributed by atoms with Gasteiger partial charge in [0.05, 0.1) is 23.3 Å². The molecular weight excluding hydrogens is 506 g/mol. The highest BCUT2D eigenvalue weighted by Crippen LogP contribution is 2.39. The van der Waals surface area contributed by atoms with E-state index in [1.807, 2.05) is 65.2 Å². The summed E-state index contributed by atoms with van der Waals surface area (Å²) in [5, 5.41) is 1.87. The minimum Gasteiger partial charge on any atom is -0.457 e. The highest BCUT2D eigenvalue weighted by atomic mass is 16.5. The summed E-state index contributed by atoms with van der Waals surface area (Å²) in [5.74, 6) is 1.57. The summed E-state index contributed by atoms with van der Waals surface area (Å²) in [6.45, 7) is 1.62. The van der Waals surface area contributed by atoms with E-state index in [9.17, 15) is 0 Å². The second-order valence-electron chi connectivity index (χ2n) is 11.1. The van der Waals surface area contributed by atoms with Crippen molar-refractivity contribution < 1.29 is 17.5 Å². The molecule has 0 fully saturated rings.